The van der Waals surface area contributed by atoms with Crippen LogP contribution in [0.15, 0.2) is 59.9 Å². The number of carboxylic acid groups (broad SMARTS) is 1. The Morgan fingerprint density at radius 3 is 2.56 bits per heavy atom. The van der Waals surface area contributed by atoms with Crippen LogP contribution >= 0.6 is 0 Å². The maximum absolute atomic E-state index is 12.2. The van der Waals surface area contributed by atoms with Crippen LogP contribution in [-0.2, 0) is 11.3 Å². The molecule has 0 aliphatic carbocycles. The molecule has 8 nitrogen and oxygen atoms in total. The first-order valence-electron chi connectivity index (χ1n) is 10.9. The lowest BCUT2D eigenvalue weighted by molar-refractivity contribution is -0.134. The van der Waals surface area contributed by atoms with Crippen LogP contribution < -0.4 is 0 Å². The summed E-state index contributed by atoms with van der Waals surface area (Å²) in [5.74, 6) is -0.329. The Morgan fingerprint density at radius 2 is 1.91 bits per heavy atom. The third-order valence-corrected chi connectivity index (χ3v) is 5.98. The van der Waals surface area contributed by atoms with Gasteiger partial charge in [0.05, 0.1) is 0 Å². The number of nitrogens with one attached hydrogen (secondary N) is 1. The van der Waals surface area contributed by atoms with Crippen LogP contribution in [0, 0.1) is 0 Å². The molecule has 1 aliphatic rings. The maximum Gasteiger partial charge on any atom is 0.354 e. The van der Waals surface area contributed by atoms with E-state index in [-0.39, 0.29) is 6.17 Å². The second-order valence-corrected chi connectivity index (χ2v) is 7.94. The zero-order chi connectivity index (χ0) is 22.7. The predicted octanol–water partition coefficient (Wildman–Crippen LogP) is 4.11. The molecule has 32 heavy (non-hydrogen) atoms. The number of aromatic nitrogens is 4. The van der Waals surface area contributed by atoms with Gasteiger partial charge in [0.15, 0.2) is 0 Å². The van der Waals surface area contributed by atoms with E-state index in [9.17, 15) is 9.90 Å². The van der Waals surface area contributed by atoms with Crippen molar-refractivity contribution in [1.29, 1.82) is 0 Å². The van der Waals surface area contributed by atoms with E-state index in [1.54, 1.807) is 0 Å². The molecule has 2 heterocycles. The van der Waals surface area contributed by atoms with Gasteiger partial charge >= 0.3 is 5.97 Å². The summed E-state index contributed by atoms with van der Waals surface area (Å²) in [6, 6.07) is 16.2. The van der Waals surface area contributed by atoms with Crippen molar-refractivity contribution >= 4 is 5.97 Å². The molecule has 0 fully saturated rings. The average molecular weight is 433 g/mol. The van der Waals surface area contributed by atoms with Crippen molar-refractivity contribution in [3.05, 3.63) is 65.5 Å². The van der Waals surface area contributed by atoms with E-state index >= 15 is 0 Å². The number of allylic oxidation sites excluding steroid dienone is 1. The summed E-state index contributed by atoms with van der Waals surface area (Å²) in [6.45, 7) is 4.67. The monoisotopic (exact) mass is 432 g/mol. The topological polar surface area (TPSA) is 98.2 Å². The molecule has 0 saturated carbocycles. The Bertz CT molecular complexity index is 1130. The Kier molecular flexibility index (Phi) is 6.20. The minimum absolute atomic E-state index is 0.0383. The number of benzene rings is 2. The highest BCUT2D eigenvalue weighted by Gasteiger charge is 2.37. The Hall–Kier alpha value is -3.68. The molecule has 0 radical (unpaired) electrons. The summed E-state index contributed by atoms with van der Waals surface area (Å²) < 4.78 is 0. The number of hydrogen-bond acceptors (Lipinski definition) is 6. The van der Waals surface area contributed by atoms with Crippen molar-refractivity contribution in [1.82, 2.24) is 30.4 Å². The van der Waals surface area contributed by atoms with Crippen LogP contribution in [0.25, 0.3) is 22.5 Å². The fraction of sp³-hybridized carbons (Fsp3) is 0.333. The number of H-pyrrole nitrogens is 1. The lowest BCUT2D eigenvalue weighted by atomic mass is 9.97. The van der Waals surface area contributed by atoms with Crippen LogP contribution in [0.5, 0.6) is 0 Å². The zero-order valence-corrected chi connectivity index (χ0v) is 18.6. The smallest absolute Gasteiger partial charge is 0.354 e. The quantitative estimate of drug-likeness (QED) is 0.553. The van der Waals surface area contributed by atoms with Crippen molar-refractivity contribution < 1.29 is 9.90 Å². The van der Waals surface area contributed by atoms with Gasteiger partial charge in [0, 0.05) is 24.9 Å². The van der Waals surface area contributed by atoms with Gasteiger partial charge in [0.2, 0.25) is 5.82 Å². The van der Waals surface area contributed by atoms with E-state index < -0.39 is 5.97 Å². The molecule has 0 saturated heterocycles. The molecule has 166 valence electrons. The second kappa shape index (κ2) is 9.21. The average Bonchev–Trinajstić information content (AvgIpc) is 3.42. The highest BCUT2D eigenvalue weighted by Crippen LogP contribution is 2.35. The van der Waals surface area contributed by atoms with E-state index in [0.29, 0.717) is 24.5 Å². The molecular weight excluding hydrogens is 404 g/mol. The largest absolute Gasteiger partial charge is 0.477 e. The van der Waals surface area contributed by atoms with Crippen LogP contribution in [-0.4, -0.2) is 54.7 Å². The molecule has 3 aromatic rings. The molecule has 0 spiro atoms. The minimum Gasteiger partial charge on any atom is -0.477 e. The number of aromatic amines is 1. The molecule has 1 atom stereocenters. The van der Waals surface area contributed by atoms with Crippen LogP contribution in [0.2, 0.25) is 0 Å². The van der Waals surface area contributed by atoms with Crippen molar-refractivity contribution in [2.24, 2.45) is 0 Å². The summed E-state index contributed by atoms with van der Waals surface area (Å²) in [5, 5.41) is 24.5. The first-order chi connectivity index (χ1) is 15.5. The molecule has 8 heteroatoms. The minimum atomic E-state index is -0.870. The normalized spacial score (nSPS) is 16.2. The molecule has 0 bridgehead atoms. The van der Waals surface area contributed by atoms with Gasteiger partial charge in [0.1, 0.15) is 11.9 Å². The second-order valence-electron chi connectivity index (χ2n) is 7.94. The van der Waals surface area contributed by atoms with Crippen molar-refractivity contribution in [3.8, 4) is 22.5 Å². The summed E-state index contributed by atoms with van der Waals surface area (Å²) >= 11 is 0. The maximum atomic E-state index is 12.2. The van der Waals surface area contributed by atoms with Gasteiger partial charge in [-0.05, 0) is 40.8 Å². The third kappa shape index (κ3) is 3.95. The van der Waals surface area contributed by atoms with E-state index in [0.717, 1.165) is 40.8 Å². The van der Waals surface area contributed by atoms with Gasteiger partial charge in [0.25, 0.3) is 0 Å². The summed E-state index contributed by atoms with van der Waals surface area (Å²) in [5.41, 5.74) is 5.26. The Labute approximate surface area is 187 Å². The number of carboxylic acids is 1. The molecular formula is C24H28N6O2. The summed E-state index contributed by atoms with van der Waals surface area (Å²) in [7, 11) is 2.00. The molecule has 2 aromatic carbocycles. The number of nitrogens with zero attached hydrogens (tertiary/aromatic N) is 5. The molecule has 0 amide bonds. The zero-order valence-electron chi connectivity index (χ0n) is 18.6. The number of hydrogen-bond donors (Lipinski definition) is 2. The lowest BCUT2D eigenvalue weighted by Crippen LogP contribution is -2.39. The lowest BCUT2D eigenvalue weighted by Gasteiger charge is -2.32. The van der Waals surface area contributed by atoms with Crippen molar-refractivity contribution in [3.63, 3.8) is 0 Å². The molecule has 2 N–H and O–H groups in total. The third-order valence-electron chi connectivity index (χ3n) is 5.98. The molecule has 1 aliphatic heterocycles. The van der Waals surface area contributed by atoms with E-state index in [2.05, 4.69) is 38.5 Å². The number of aliphatic carboxylic acids is 1. The van der Waals surface area contributed by atoms with E-state index in [1.165, 1.54) is 0 Å². The van der Waals surface area contributed by atoms with Crippen LogP contribution in [0.3, 0.4) is 0 Å². The number of tetrazole rings is 1. The van der Waals surface area contributed by atoms with Gasteiger partial charge in [-0.3, -0.25) is 0 Å². The number of carbonyl (C=O) groups is 1. The Morgan fingerprint density at radius 1 is 1.12 bits per heavy atom. The van der Waals surface area contributed by atoms with Gasteiger partial charge < -0.3 is 14.9 Å². The van der Waals surface area contributed by atoms with Gasteiger partial charge in [-0.15, -0.1) is 10.2 Å². The first-order valence-corrected chi connectivity index (χ1v) is 10.9. The van der Waals surface area contributed by atoms with E-state index in [1.807, 2.05) is 61.3 Å². The standard InChI is InChI=1S/C24H28N6O2/c1-4-9-21-29(3)20(5-2)22(24(31)32)30(21)15-16-10-8-11-17(14-16)18-12-6-7-13-19(18)23-25-27-28-26-23/h6-8,10-14,21H,4-5,9,15H2,1-3H3,(H,31,32)(H,25,26,27,28). The molecule has 1 aromatic heterocycles. The predicted molar refractivity (Wildman–Crippen MR) is 122 cm³/mol. The highest BCUT2D eigenvalue weighted by molar-refractivity contribution is 5.87. The molecule has 1 unspecified atom stereocenters. The SMILES string of the molecule is CCCC1N(C)C(CC)=C(C(=O)O)N1Cc1cccc(-c2ccccc2-c2nn[nH]n2)c1. The Balaban J connectivity index is 1.70. The van der Waals surface area contributed by atoms with Gasteiger partial charge in [-0.25, -0.2) is 4.79 Å². The fourth-order valence-corrected chi connectivity index (χ4v) is 4.57. The van der Waals surface area contributed by atoms with Crippen LogP contribution in [0.4, 0.5) is 0 Å². The van der Waals surface area contributed by atoms with Crippen molar-refractivity contribution in [2.45, 2.75) is 45.8 Å². The highest BCUT2D eigenvalue weighted by atomic mass is 16.4. The molecule has 4 rings (SSSR count). The summed E-state index contributed by atoms with van der Waals surface area (Å²) in [4.78, 5) is 16.3. The first kappa shape index (κ1) is 21.5. The van der Waals surface area contributed by atoms with Crippen molar-refractivity contribution in [2.75, 3.05) is 7.05 Å². The van der Waals surface area contributed by atoms with Gasteiger partial charge in [-0.1, -0.05) is 62.7 Å². The fourth-order valence-electron chi connectivity index (χ4n) is 4.57. The number of rotatable bonds is 8. The van der Waals surface area contributed by atoms with Crippen LogP contribution in [0.1, 0.15) is 38.7 Å². The van der Waals surface area contributed by atoms with Gasteiger partial charge in [-0.2, -0.15) is 5.21 Å². The van der Waals surface area contributed by atoms with E-state index in [4.69, 9.17) is 0 Å². The summed E-state index contributed by atoms with van der Waals surface area (Å²) in [6.07, 6.45) is 2.61.